The molecule has 0 spiro atoms. The zero-order chi connectivity index (χ0) is 11.8. The first-order chi connectivity index (χ1) is 8.25. The lowest BCUT2D eigenvalue weighted by Crippen LogP contribution is -1.90. The predicted octanol–water partition coefficient (Wildman–Crippen LogP) is 4.07. The van der Waals surface area contributed by atoms with Crippen molar-refractivity contribution in [2.45, 2.75) is 6.92 Å². The van der Waals surface area contributed by atoms with Crippen LogP contribution in [0.5, 0.6) is 0 Å². The molecule has 0 aliphatic rings. The Balaban J connectivity index is 2.31. The van der Waals surface area contributed by atoms with Crippen molar-refractivity contribution < 1.29 is 0 Å². The maximum absolute atomic E-state index is 4.50. The van der Waals surface area contributed by atoms with E-state index in [1.54, 1.807) is 0 Å². The number of pyridine rings is 1. The molecule has 0 aliphatic heterocycles. The minimum Gasteiger partial charge on any atom is -0.299 e. The standard InChI is InChI=1S/C14H11BrN2/c1-10-6-7-11-8-16-14(17(11)9-10)12-4-2-3-5-13(12)15/h2-9H,1H3. The quantitative estimate of drug-likeness (QED) is 0.659. The van der Waals surface area contributed by atoms with Gasteiger partial charge in [-0.1, -0.05) is 40.2 Å². The van der Waals surface area contributed by atoms with Crippen molar-refractivity contribution in [2.24, 2.45) is 0 Å². The third-order valence-electron chi connectivity index (χ3n) is 2.79. The summed E-state index contributed by atoms with van der Waals surface area (Å²) in [5.41, 5.74) is 3.45. The Labute approximate surface area is 108 Å². The van der Waals surface area contributed by atoms with Gasteiger partial charge in [-0.15, -0.1) is 0 Å². The first-order valence-corrected chi connectivity index (χ1v) is 6.23. The van der Waals surface area contributed by atoms with Gasteiger partial charge in [0.25, 0.3) is 0 Å². The number of aryl methyl sites for hydroxylation is 1. The Kier molecular flexibility index (Phi) is 2.48. The highest BCUT2D eigenvalue weighted by molar-refractivity contribution is 9.10. The molecule has 17 heavy (non-hydrogen) atoms. The number of rotatable bonds is 1. The molecule has 84 valence electrons. The molecule has 0 saturated heterocycles. The Hall–Kier alpha value is -1.61. The maximum Gasteiger partial charge on any atom is 0.145 e. The molecule has 3 aromatic rings. The normalized spacial score (nSPS) is 10.9. The van der Waals surface area contributed by atoms with E-state index in [0.717, 1.165) is 21.4 Å². The van der Waals surface area contributed by atoms with Crippen LogP contribution >= 0.6 is 15.9 Å². The van der Waals surface area contributed by atoms with Gasteiger partial charge in [0.05, 0.1) is 11.7 Å². The van der Waals surface area contributed by atoms with E-state index in [2.05, 4.69) is 56.6 Å². The average Bonchev–Trinajstić information content (AvgIpc) is 2.72. The van der Waals surface area contributed by atoms with Crippen molar-refractivity contribution in [1.29, 1.82) is 0 Å². The van der Waals surface area contributed by atoms with Gasteiger partial charge in [-0.25, -0.2) is 4.98 Å². The molecule has 2 aromatic heterocycles. The number of halogens is 1. The fourth-order valence-electron chi connectivity index (χ4n) is 1.94. The summed E-state index contributed by atoms with van der Waals surface area (Å²) >= 11 is 3.57. The van der Waals surface area contributed by atoms with Crippen molar-refractivity contribution in [2.75, 3.05) is 0 Å². The maximum atomic E-state index is 4.50. The first kappa shape index (κ1) is 10.5. The molecule has 1 aromatic carbocycles. The van der Waals surface area contributed by atoms with Crippen LogP contribution in [0.15, 0.2) is 53.3 Å². The molecule has 0 amide bonds. The summed E-state index contributed by atoms with van der Waals surface area (Å²) < 4.78 is 3.18. The van der Waals surface area contributed by atoms with Crippen LogP contribution in [0.25, 0.3) is 16.9 Å². The highest BCUT2D eigenvalue weighted by Crippen LogP contribution is 2.27. The largest absolute Gasteiger partial charge is 0.299 e. The van der Waals surface area contributed by atoms with Gasteiger partial charge in [0, 0.05) is 16.2 Å². The van der Waals surface area contributed by atoms with Crippen LogP contribution in [0.2, 0.25) is 0 Å². The van der Waals surface area contributed by atoms with Crippen LogP contribution in [-0.4, -0.2) is 9.38 Å². The second-order valence-electron chi connectivity index (χ2n) is 4.06. The van der Waals surface area contributed by atoms with Crippen LogP contribution in [-0.2, 0) is 0 Å². The number of hydrogen-bond acceptors (Lipinski definition) is 1. The Morgan fingerprint density at radius 1 is 1.12 bits per heavy atom. The van der Waals surface area contributed by atoms with Gasteiger partial charge < -0.3 is 0 Å². The fourth-order valence-corrected chi connectivity index (χ4v) is 2.40. The molecule has 0 bridgehead atoms. The summed E-state index contributed by atoms with van der Waals surface area (Å²) in [6, 6.07) is 12.3. The van der Waals surface area contributed by atoms with Crippen molar-refractivity contribution in [3.63, 3.8) is 0 Å². The van der Waals surface area contributed by atoms with Crippen LogP contribution in [0, 0.1) is 6.92 Å². The van der Waals surface area contributed by atoms with E-state index in [0.29, 0.717) is 0 Å². The predicted molar refractivity (Wildman–Crippen MR) is 73.1 cm³/mol. The topological polar surface area (TPSA) is 17.3 Å². The summed E-state index contributed by atoms with van der Waals surface area (Å²) in [5, 5.41) is 0. The van der Waals surface area contributed by atoms with Crippen molar-refractivity contribution in [3.8, 4) is 11.4 Å². The number of fused-ring (bicyclic) bond motifs is 1. The highest BCUT2D eigenvalue weighted by atomic mass is 79.9. The SMILES string of the molecule is Cc1ccc2cnc(-c3ccccc3Br)n2c1. The molecule has 3 rings (SSSR count). The summed E-state index contributed by atoms with van der Waals surface area (Å²) in [5.74, 6) is 0.969. The van der Waals surface area contributed by atoms with E-state index < -0.39 is 0 Å². The van der Waals surface area contributed by atoms with Crippen molar-refractivity contribution in [1.82, 2.24) is 9.38 Å². The van der Waals surface area contributed by atoms with Gasteiger partial charge in [0.2, 0.25) is 0 Å². The van der Waals surface area contributed by atoms with Crippen LogP contribution in [0.4, 0.5) is 0 Å². The van der Waals surface area contributed by atoms with Gasteiger partial charge in [-0.05, 0) is 24.6 Å². The second-order valence-corrected chi connectivity index (χ2v) is 4.92. The van der Waals surface area contributed by atoms with Gasteiger partial charge in [-0.2, -0.15) is 0 Å². The van der Waals surface area contributed by atoms with Crippen LogP contribution in [0.3, 0.4) is 0 Å². The molecule has 3 heteroatoms. The van der Waals surface area contributed by atoms with E-state index >= 15 is 0 Å². The summed E-state index contributed by atoms with van der Waals surface area (Å²) in [4.78, 5) is 4.50. The summed E-state index contributed by atoms with van der Waals surface area (Å²) in [6.07, 6.45) is 4.01. The number of nitrogens with zero attached hydrogens (tertiary/aromatic N) is 2. The Morgan fingerprint density at radius 3 is 2.76 bits per heavy atom. The molecular weight excluding hydrogens is 276 g/mol. The molecule has 0 aliphatic carbocycles. The molecule has 2 heterocycles. The number of aromatic nitrogens is 2. The zero-order valence-electron chi connectivity index (χ0n) is 9.39. The second kappa shape index (κ2) is 4.00. The Bertz CT molecular complexity index is 686. The third kappa shape index (κ3) is 1.76. The average molecular weight is 287 g/mol. The molecule has 0 radical (unpaired) electrons. The van der Waals surface area contributed by atoms with E-state index in [-0.39, 0.29) is 0 Å². The smallest absolute Gasteiger partial charge is 0.145 e. The number of imidazole rings is 1. The van der Waals surface area contributed by atoms with Gasteiger partial charge in [0.1, 0.15) is 5.82 Å². The van der Waals surface area contributed by atoms with Gasteiger partial charge in [0.15, 0.2) is 0 Å². The van der Waals surface area contributed by atoms with E-state index in [4.69, 9.17) is 0 Å². The highest BCUT2D eigenvalue weighted by Gasteiger charge is 2.08. The lowest BCUT2D eigenvalue weighted by molar-refractivity contribution is 1.14. The molecule has 0 saturated carbocycles. The molecular formula is C14H11BrN2. The minimum absolute atomic E-state index is 0.969. The third-order valence-corrected chi connectivity index (χ3v) is 3.48. The van der Waals surface area contributed by atoms with Gasteiger partial charge >= 0.3 is 0 Å². The molecule has 0 atom stereocenters. The van der Waals surface area contributed by atoms with E-state index in [9.17, 15) is 0 Å². The molecule has 0 fully saturated rings. The molecule has 0 N–H and O–H groups in total. The summed E-state index contributed by atoms with van der Waals surface area (Å²) in [7, 11) is 0. The monoisotopic (exact) mass is 286 g/mol. The van der Waals surface area contributed by atoms with E-state index in [1.165, 1.54) is 5.56 Å². The number of hydrogen-bond donors (Lipinski definition) is 0. The summed E-state index contributed by atoms with van der Waals surface area (Å²) in [6.45, 7) is 2.09. The molecule has 0 unspecified atom stereocenters. The van der Waals surface area contributed by atoms with Crippen molar-refractivity contribution in [3.05, 3.63) is 58.8 Å². The first-order valence-electron chi connectivity index (χ1n) is 5.44. The van der Waals surface area contributed by atoms with Crippen molar-refractivity contribution >= 4 is 21.4 Å². The lowest BCUT2D eigenvalue weighted by Gasteiger charge is -2.04. The van der Waals surface area contributed by atoms with Crippen LogP contribution in [0.1, 0.15) is 5.56 Å². The minimum atomic E-state index is 0.969. The lowest BCUT2D eigenvalue weighted by atomic mass is 10.2. The Morgan fingerprint density at radius 2 is 1.94 bits per heavy atom. The van der Waals surface area contributed by atoms with Crippen LogP contribution < -0.4 is 0 Å². The fraction of sp³-hybridized carbons (Fsp3) is 0.0714. The molecule has 2 nitrogen and oxygen atoms in total. The van der Waals surface area contributed by atoms with Gasteiger partial charge in [-0.3, -0.25) is 4.40 Å². The van der Waals surface area contributed by atoms with E-state index in [1.807, 2.05) is 24.4 Å². The zero-order valence-corrected chi connectivity index (χ0v) is 11.0. The number of benzene rings is 1.